The lowest BCUT2D eigenvalue weighted by molar-refractivity contribution is 0.317. The van der Waals surface area contributed by atoms with Crippen LogP contribution in [0.5, 0.6) is 0 Å². The van der Waals surface area contributed by atoms with Gasteiger partial charge in [0.1, 0.15) is 17.6 Å². The molecule has 2 heterocycles. The molecule has 5 nitrogen and oxygen atoms in total. The van der Waals surface area contributed by atoms with Gasteiger partial charge in [0.25, 0.3) is 0 Å². The second-order valence-corrected chi connectivity index (χ2v) is 6.80. The Balaban J connectivity index is 1.93. The Bertz CT molecular complexity index is 940. The third kappa shape index (κ3) is 2.09. The molecule has 2 aliphatic rings. The smallest absolute Gasteiger partial charge is 0.182 e. The molecule has 2 atom stereocenters. The number of nitrogens with one attached hydrogen (secondary N) is 1. The van der Waals surface area contributed by atoms with Gasteiger partial charge in [-0.2, -0.15) is 10.5 Å². The first-order valence-electron chi connectivity index (χ1n) is 8.62. The Kier molecular flexibility index (Phi) is 3.58. The molecule has 0 amide bonds. The first-order chi connectivity index (χ1) is 12.2. The lowest BCUT2D eigenvalue weighted by Crippen LogP contribution is -2.47. The van der Waals surface area contributed by atoms with Crippen molar-refractivity contribution < 1.29 is 0 Å². The first kappa shape index (κ1) is 15.5. The summed E-state index contributed by atoms with van der Waals surface area (Å²) in [6.07, 6.45) is 6.29. The van der Waals surface area contributed by atoms with Crippen LogP contribution in [-0.4, -0.2) is 10.4 Å². The number of nitriles is 2. The van der Waals surface area contributed by atoms with Crippen molar-refractivity contribution in [1.29, 1.82) is 10.5 Å². The molecule has 1 aromatic heterocycles. The summed E-state index contributed by atoms with van der Waals surface area (Å²) in [5.41, 5.74) is 3.62. The van der Waals surface area contributed by atoms with Crippen molar-refractivity contribution in [3.05, 3.63) is 53.3 Å². The highest BCUT2D eigenvalue weighted by Gasteiger charge is 2.51. The molecule has 2 unspecified atom stereocenters. The molecular weight excluding hydrogens is 310 g/mol. The van der Waals surface area contributed by atoms with Crippen LogP contribution in [0.15, 0.2) is 41.4 Å². The number of aliphatic imine (C=N–C) groups is 1. The number of benzene rings is 1. The number of rotatable bonds is 1. The number of para-hydroxylation sites is 1. The number of hydrogen-bond acceptors (Lipinski definition) is 4. The highest BCUT2D eigenvalue weighted by molar-refractivity contribution is 6.02. The quantitative estimate of drug-likeness (QED) is 0.641. The summed E-state index contributed by atoms with van der Waals surface area (Å²) in [6.45, 7) is 0. The van der Waals surface area contributed by atoms with Gasteiger partial charge >= 0.3 is 0 Å². The van der Waals surface area contributed by atoms with E-state index >= 15 is 0 Å². The average Bonchev–Trinajstić information content (AvgIpc) is 3.15. The van der Waals surface area contributed by atoms with Gasteiger partial charge in [0.15, 0.2) is 6.19 Å². The van der Waals surface area contributed by atoms with Gasteiger partial charge in [0, 0.05) is 18.7 Å². The fourth-order valence-electron chi connectivity index (χ4n) is 4.66. The SMILES string of the molecule is Cn1c(C#N)ccc1C1CCCCC12C(NC#N)=Nc1ccccc12. The molecule has 1 saturated carbocycles. The normalized spacial score (nSPS) is 24.3. The summed E-state index contributed by atoms with van der Waals surface area (Å²) >= 11 is 0. The Morgan fingerprint density at radius 2 is 2.04 bits per heavy atom. The molecule has 0 saturated heterocycles. The van der Waals surface area contributed by atoms with E-state index in [0.717, 1.165) is 42.9 Å². The number of aromatic nitrogens is 1. The van der Waals surface area contributed by atoms with Crippen molar-refractivity contribution >= 4 is 11.5 Å². The van der Waals surface area contributed by atoms with Gasteiger partial charge in [-0.25, -0.2) is 4.99 Å². The fourth-order valence-corrected chi connectivity index (χ4v) is 4.66. The van der Waals surface area contributed by atoms with Crippen LogP contribution >= 0.6 is 0 Å². The maximum absolute atomic E-state index is 9.33. The lowest BCUT2D eigenvalue weighted by atomic mass is 9.61. The maximum atomic E-state index is 9.33. The molecule has 0 radical (unpaired) electrons. The molecule has 1 aliphatic heterocycles. The van der Waals surface area contributed by atoms with Crippen molar-refractivity contribution in [2.45, 2.75) is 37.0 Å². The van der Waals surface area contributed by atoms with Gasteiger partial charge in [0.05, 0.1) is 11.1 Å². The van der Waals surface area contributed by atoms with Crippen LogP contribution in [0.3, 0.4) is 0 Å². The van der Waals surface area contributed by atoms with Crippen LogP contribution < -0.4 is 5.32 Å². The molecule has 1 N–H and O–H groups in total. The van der Waals surface area contributed by atoms with Crippen LogP contribution in [0, 0.1) is 22.8 Å². The van der Waals surface area contributed by atoms with Gasteiger partial charge in [-0.15, -0.1) is 0 Å². The predicted molar refractivity (Wildman–Crippen MR) is 95.3 cm³/mol. The van der Waals surface area contributed by atoms with E-state index in [-0.39, 0.29) is 11.3 Å². The van der Waals surface area contributed by atoms with Crippen molar-refractivity contribution in [2.75, 3.05) is 0 Å². The van der Waals surface area contributed by atoms with E-state index in [0.29, 0.717) is 5.69 Å². The molecule has 1 spiro atoms. The molecule has 25 heavy (non-hydrogen) atoms. The molecule has 1 fully saturated rings. The van der Waals surface area contributed by atoms with Gasteiger partial charge in [-0.05, 0) is 36.6 Å². The van der Waals surface area contributed by atoms with Crippen molar-refractivity contribution in [3.63, 3.8) is 0 Å². The molecule has 0 bridgehead atoms. The Morgan fingerprint density at radius 3 is 2.80 bits per heavy atom. The second-order valence-electron chi connectivity index (χ2n) is 6.80. The summed E-state index contributed by atoms with van der Waals surface area (Å²) in [4.78, 5) is 4.76. The van der Waals surface area contributed by atoms with Gasteiger partial charge in [-0.3, -0.25) is 5.32 Å². The molecule has 124 valence electrons. The van der Waals surface area contributed by atoms with E-state index in [1.807, 2.05) is 35.9 Å². The molecule has 4 rings (SSSR count). The standard InChI is InChI=1S/C20H19N5/c1-25-14(12-21)9-10-18(25)16-7-4-5-11-20(16)15-6-2-3-8-17(15)24-19(20)23-13-22/h2-3,6,8-10,16H,4-5,7,11H2,1H3,(H,23,24). The van der Waals surface area contributed by atoms with E-state index in [1.54, 1.807) is 0 Å². The fraction of sp³-hybridized carbons (Fsp3) is 0.350. The molecule has 5 heteroatoms. The third-order valence-corrected chi connectivity index (χ3v) is 5.75. The van der Waals surface area contributed by atoms with Crippen LogP contribution in [0.2, 0.25) is 0 Å². The van der Waals surface area contributed by atoms with Crippen LogP contribution in [-0.2, 0) is 12.5 Å². The highest BCUT2D eigenvalue weighted by atomic mass is 15.1. The van der Waals surface area contributed by atoms with E-state index < -0.39 is 0 Å². The zero-order valence-electron chi connectivity index (χ0n) is 14.2. The summed E-state index contributed by atoms with van der Waals surface area (Å²) in [5, 5.41) is 21.5. The minimum atomic E-state index is -0.316. The van der Waals surface area contributed by atoms with Crippen molar-refractivity contribution in [1.82, 2.24) is 9.88 Å². The van der Waals surface area contributed by atoms with E-state index in [9.17, 15) is 10.5 Å². The second kappa shape index (κ2) is 5.79. The third-order valence-electron chi connectivity index (χ3n) is 5.75. The molecule has 2 aromatic rings. The number of nitrogens with zero attached hydrogens (tertiary/aromatic N) is 4. The molecule has 1 aliphatic carbocycles. The Hall–Kier alpha value is -3.05. The Morgan fingerprint density at radius 1 is 1.20 bits per heavy atom. The zero-order valence-corrected chi connectivity index (χ0v) is 14.2. The van der Waals surface area contributed by atoms with E-state index in [4.69, 9.17) is 4.99 Å². The van der Waals surface area contributed by atoms with Crippen molar-refractivity contribution in [3.8, 4) is 12.3 Å². The van der Waals surface area contributed by atoms with Gasteiger partial charge in [-0.1, -0.05) is 31.0 Å². The minimum Gasteiger partial charge on any atom is -0.339 e. The highest BCUT2D eigenvalue weighted by Crippen LogP contribution is 2.55. The summed E-state index contributed by atoms with van der Waals surface area (Å²) < 4.78 is 1.99. The zero-order chi connectivity index (χ0) is 17.4. The summed E-state index contributed by atoms with van der Waals surface area (Å²) in [7, 11) is 1.95. The lowest BCUT2D eigenvalue weighted by Gasteiger charge is -2.42. The van der Waals surface area contributed by atoms with Gasteiger partial charge < -0.3 is 4.57 Å². The molecule has 1 aromatic carbocycles. The van der Waals surface area contributed by atoms with Crippen LogP contribution in [0.4, 0.5) is 5.69 Å². The van der Waals surface area contributed by atoms with E-state index in [2.05, 4.69) is 29.7 Å². The predicted octanol–water partition coefficient (Wildman–Crippen LogP) is 3.61. The van der Waals surface area contributed by atoms with Crippen molar-refractivity contribution in [2.24, 2.45) is 12.0 Å². The topological polar surface area (TPSA) is 76.9 Å². The minimum absolute atomic E-state index is 0.191. The molecular formula is C20H19N5. The van der Waals surface area contributed by atoms with E-state index in [1.165, 1.54) is 5.56 Å². The largest absolute Gasteiger partial charge is 0.339 e. The average molecular weight is 329 g/mol. The van der Waals surface area contributed by atoms with Crippen LogP contribution in [0.25, 0.3) is 0 Å². The summed E-state index contributed by atoms with van der Waals surface area (Å²) in [5.74, 6) is 0.942. The Labute approximate surface area is 147 Å². The number of fused-ring (bicyclic) bond motifs is 2. The number of hydrogen-bond donors (Lipinski definition) is 1. The first-order valence-corrected chi connectivity index (χ1v) is 8.62. The monoisotopic (exact) mass is 329 g/mol. The number of amidine groups is 1. The van der Waals surface area contributed by atoms with Crippen LogP contribution in [0.1, 0.15) is 48.6 Å². The summed E-state index contributed by atoms with van der Waals surface area (Å²) in [6, 6.07) is 14.4. The maximum Gasteiger partial charge on any atom is 0.182 e. The van der Waals surface area contributed by atoms with Gasteiger partial charge in [0.2, 0.25) is 0 Å².